The van der Waals surface area contributed by atoms with Crippen molar-refractivity contribution in [1.29, 1.82) is 0 Å². The summed E-state index contributed by atoms with van der Waals surface area (Å²) in [5.41, 5.74) is 11.2. The molecule has 1 atom stereocenters. The number of aliphatic carboxylic acids is 2. The molecular formula is C8H15N2O4Pt. The third-order valence-electron chi connectivity index (χ3n) is 2.03. The molecular weight excluding hydrogens is 383 g/mol. The Morgan fingerprint density at radius 2 is 1.67 bits per heavy atom. The van der Waals surface area contributed by atoms with E-state index < -0.39 is 11.9 Å². The van der Waals surface area contributed by atoms with Gasteiger partial charge in [0.1, 0.15) is 0 Å². The molecule has 1 fully saturated rings. The van der Waals surface area contributed by atoms with Crippen LogP contribution >= 0.6 is 0 Å². The van der Waals surface area contributed by atoms with Gasteiger partial charge in [-0.05, 0) is 0 Å². The number of nitrogens with two attached hydrogens (primary N) is 2. The standard InChI is InChI=1S/C6H13N2.C2H2O4.Pt/c7-6(8)4-2-1-3-5-6;3-1(4)2(5)6;/h4H,1-3,5,7-8H2;(H,3,4)(H,5,6);. The van der Waals surface area contributed by atoms with Crippen LogP contribution in [0.5, 0.6) is 0 Å². The van der Waals surface area contributed by atoms with E-state index in [0.29, 0.717) is 4.31 Å². The maximum absolute atomic E-state index is 9.10. The van der Waals surface area contributed by atoms with Gasteiger partial charge in [0.25, 0.3) is 0 Å². The van der Waals surface area contributed by atoms with Crippen LogP contribution in [0, 0.1) is 0 Å². The molecule has 0 aromatic carbocycles. The van der Waals surface area contributed by atoms with Crippen molar-refractivity contribution in [3.63, 3.8) is 0 Å². The molecule has 0 aromatic rings. The molecule has 1 aliphatic carbocycles. The fourth-order valence-electron chi connectivity index (χ4n) is 1.16. The number of carboxylic acids is 2. The Morgan fingerprint density at radius 1 is 1.20 bits per heavy atom. The van der Waals surface area contributed by atoms with E-state index in [2.05, 4.69) is 19.8 Å². The summed E-state index contributed by atoms with van der Waals surface area (Å²) in [7, 11) is 0. The largest absolute Gasteiger partial charge is 0.473 e. The Labute approximate surface area is 98.9 Å². The van der Waals surface area contributed by atoms with E-state index in [1.807, 2.05) is 0 Å². The van der Waals surface area contributed by atoms with Crippen molar-refractivity contribution in [2.75, 3.05) is 0 Å². The van der Waals surface area contributed by atoms with Gasteiger partial charge >= 0.3 is 78.9 Å². The zero-order chi connectivity index (χ0) is 12.1. The molecule has 6 nitrogen and oxygen atoms in total. The van der Waals surface area contributed by atoms with Crippen LogP contribution in [0.2, 0.25) is 4.31 Å². The zero-order valence-electron chi connectivity index (χ0n) is 8.09. The van der Waals surface area contributed by atoms with E-state index in [1.165, 1.54) is 19.3 Å². The molecule has 0 radical (unpaired) electrons. The van der Waals surface area contributed by atoms with E-state index >= 15 is 0 Å². The number of carbonyl (C=O) groups is 2. The first kappa shape index (κ1) is 14.5. The molecule has 0 heterocycles. The van der Waals surface area contributed by atoms with Gasteiger partial charge in [-0.2, -0.15) is 0 Å². The Hall–Kier alpha value is -0.452. The monoisotopic (exact) mass is 398 g/mol. The first-order chi connectivity index (χ1) is 6.77. The summed E-state index contributed by atoms with van der Waals surface area (Å²) in [6.45, 7) is 0. The number of hydrogen-bond acceptors (Lipinski definition) is 4. The predicted octanol–water partition coefficient (Wildman–Crippen LogP) is -0.335. The number of rotatable bonds is 0. The third kappa shape index (κ3) is 5.87. The average Bonchev–Trinajstić information content (AvgIpc) is 2.11. The van der Waals surface area contributed by atoms with Crippen LogP contribution in [-0.4, -0.2) is 27.8 Å². The quantitative estimate of drug-likeness (QED) is 0.327. The molecule has 7 heteroatoms. The van der Waals surface area contributed by atoms with Crippen LogP contribution in [-0.2, 0) is 29.4 Å². The smallest absolute Gasteiger partial charge is 0.414 e. The van der Waals surface area contributed by atoms with Gasteiger partial charge in [-0.25, -0.2) is 9.59 Å². The van der Waals surface area contributed by atoms with Crippen LogP contribution in [0.3, 0.4) is 0 Å². The summed E-state index contributed by atoms with van der Waals surface area (Å²) in [5.74, 6) is -3.65. The van der Waals surface area contributed by atoms with E-state index in [0.717, 1.165) is 6.42 Å². The molecule has 0 saturated heterocycles. The van der Waals surface area contributed by atoms with Gasteiger partial charge in [0.05, 0.1) is 0 Å². The van der Waals surface area contributed by atoms with Gasteiger partial charge in [0, 0.05) is 0 Å². The molecule has 0 spiro atoms. The molecule has 0 bridgehead atoms. The van der Waals surface area contributed by atoms with E-state index in [-0.39, 0.29) is 5.66 Å². The van der Waals surface area contributed by atoms with Crippen LogP contribution in [0.4, 0.5) is 0 Å². The van der Waals surface area contributed by atoms with Crippen molar-refractivity contribution in [2.45, 2.75) is 35.7 Å². The van der Waals surface area contributed by atoms with Gasteiger partial charge in [0.2, 0.25) is 0 Å². The minimum atomic E-state index is -1.82. The second kappa shape index (κ2) is 6.20. The zero-order valence-corrected chi connectivity index (χ0v) is 10.4. The molecule has 0 aromatic heterocycles. The molecule has 1 unspecified atom stereocenters. The second-order valence-corrected chi connectivity index (χ2v) is 4.98. The molecule has 0 amide bonds. The molecule has 1 aliphatic rings. The molecule has 1 saturated carbocycles. The van der Waals surface area contributed by atoms with Crippen molar-refractivity contribution in [3.05, 3.63) is 0 Å². The minimum absolute atomic E-state index is 0.375. The van der Waals surface area contributed by atoms with Crippen LogP contribution < -0.4 is 11.5 Å². The van der Waals surface area contributed by atoms with Gasteiger partial charge in [-0.3, -0.25) is 0 Å². The summed E-state index contributed by atoms with van der Waals surface area (Å²) in [6, 6.07) is 0. The van der Waals surface area contributed by atoms with Crippen molar-refractivity contribution >= 4 is 11.9 Å². The van der Waals surface area contributed by atoms with Crippen LogP contribution in [0.15, 0.2) is 0 Å². The van der Waals surface area contributed by atoms with E-state index in [1.54, 1.807) is 0 Å². The molecule has 6 N–H and O–H groups in total. The summed E-state index contributed by atoms with van der Waals surface area (Å²) in [4.78, 5) is 18.2. The van der Waals surface area contributed by atoms with Crippen molar-refractivity contribution in [3.8, 4) is 0 Å². The van der Waals surface area contributed by atoms with Gasteiger partial charge < -0.3 is 10.2 Å². The van der Waals surface area contributed by atoms with Gasteiger partial charge in [-0.15, -0.1) is 0 Å². The first-order valence-corrected chi connectivity index (χ1v) is 5.73. The predicted molar refractivity (Wildman–Crippen MR) is 48.6 cm³/mol. The van der Waals surface area contributed by atoms with Crippen LogP contribution in [0.1, 0.15) is 25.7 Å². The Kier molecular flexibility index (Phi) is 6.01. The molecule has 15 heavy (non-hydrogen) atoms. The summed E-state index contributed by atoms with van der Waals surface area (Å²) in [5, 5.41) is 14.8. The fraction of sp³-hybridized carbons (Fsp3) is 0.750. The van der Waals surface area contributed by atoms with Crippen molar-refractivity contribution < 1.29 is 39.6 Å². The Morgan fingerprint density at radius 3 is 1.87 bits per heavy atom. The van der Waals surface area contributed by atoms with Crippen LogP contribution in [0.25, 0.3) is 0 Å². The maximum Gasteiger partial charge on any atom is 0.414 e. The topological polar surface area (TPSA) is 127 Å². The fourth-order valence-corrected chi connectivity index (χ4v) is 1.95. The van der Waals surface area contributed by atoms with Gasteiger partial charge in [0.15, 0.2) is 0 Å². The van der Waals surface area contributed by atoms with Crippen molar-refractivity contribution in [1.82, 2.24) is 0 Å². The minimum Gasteiger partial charge on any atom is -0.473 e. The normalized spacial score (nSPS) is 23.6. The van der Waals surface area contributed by atoms with E-state index in [4.69, 9.17) is 31.3 Å². The third-order valence-corrected chi connectivity index (χ3v) is 3.91. The summed E-state index contributed by atoms with van der Waals surface area (Å²) >= 11 is 2.33. The number of carboxylic acid groups (broad SMARTS) is 2. The van der Waals surface area contributed by atoms with E-state index in [9.17, 15) is 0 Å². The summed E-state index contributed by atoms with van der Waals surface area (Å²) in [6.07, 6.45) is 4.67. The SMILES string of the molecule is NC1(N)CCCC[CH]1[Pt].O=C(O)C(=O)O. The molecule has 91 valence electrons. The van der Waals surface area contributed by atoms with Crippen molar-refractivity contribution in [2.24, 2.45) is 11.5 Å². The molecule has 1 rings (SSSR count). The second-order valence-electron chi connectivity index (χ2n) is 3.39. The Bertz CT molecular complexity index is 233. The Balaban J connectivity index is 0.000000288. The summed E-state index contributed by atoms with van der Waals surface area (Å²) < 4.78 is 0.478. The molecule has 0 aliphatic heterocycles. The first-order valence-electron chi connectivity index (χ1n) is 4.42. The maximum atomic E-state index is 9.10. The number of hydrogen-bond donors (Lipinski definition) is 4. The van der Waals surface area contributed by atoms with Gasteiger partial charge in [-0.1, -0.05) is 0 Å². The average molecular weight is 398 g/mol.